The Bertz CT molecular complexity index is 585. The summed E-state index contributed by atoms with van der Waals surface area (Å²) < 4.78 is 12.9. The van der Waals surface area contributed by atoms with E-state index in [1.807, 2.05) is 10.7 Å². The van der Waals surface area contributed by atoms with E-state index >= 15 is 0 Å². The molecule has 0 saturated carbocycles. The third-order valence-electron chi connectivity index (χ3n) is 3.78. The lowest BCUT2D eigenvalue weighted by atomic mass is 9.86. The van der Waals surface area contributed by atoms with Gasteiger partial charge in [-0.2, -0.15) is 5.10 Å². The Morgan fingerprint density at radius 2 is 2.21 bits per heavy atom. The number of fused-ring (bicyclic) bond motifs is 1. The van der Waals surface area contributed by atoms with Crippen LogP contribution in [0.25, 0.3) is 5.52 Å². The number of nitrogens with zero attached hydrogens (tertiary/aromatic N) is 2. The first-order valence-corrected chi connectivity index (χ1v) is 6.70. The minimum Gasteiger partial charge on any atom is -0.376 e. The Morgan fingerprint density at radius 1 is 1.42 bits per heavy atom. The molecule has 0 unspecified atom stereocenters. The summed E-state index contributed by atoms with van der Waals surface area (Å²) >= 11 is 0. The summed E-state index contributed by atoms with van der Waals surface area (Å²) in [5, 5.41) is 4.37. The van der Waals surface area contributed by atoms with Crippen LogP contribution >= 0.6 is 0 Å². The van der Waals surface area contributed by atoms with Crippen LogP contribution in [0.4, 0.5) is 0 Å². The van der Waals surface area contributed by atoms with E-state index in [0.717, 1.165) is 18.7 Å². The Hall–Kier alpha value is -1.39. The van der Waals surface area contributed by atoms with Gasteiger partial charge in [-0.05, 0) is 24.1 Å². The van der Waals surface area contributed by atoms with Crippen LogP contribution in [0.1, 0.15) is 25.0 Å². The predicted octanol–water partition coefficient (Wildman–Crippen LogP) is 2.34. The summed E-state index contributed by atoms with van der Waals surface area (Å²) in [7, 11) is 0. The predicted molar refractivity (Wildman–Crippen MR) is 73.5 cm³/mol. The molecule has 19 heavy (non-hydrogen) atoms. The van der Waals surface area contributed by atoms with Crippen molar-refractivity contribution in [1.82, 2.24) is 9.61 Å². The highest BCUT2D eigenvalue weighted by molar-refractivity contribution is 5.53. The smallest absolute Gasteiger partial charge is 0.104 e. The standard InChI is InChI=1S/C15H20N2O2/c1-11-6-16-17-7-12(4-5-14(11)17)15(2,3)10-19-13-8-18-9-13/h4-7,13H,8-10H2,1-3H3. The lowest BCUT2D eigenvalue weighted by molar-refractivity contribution is -0.137. The van der Waals surface area contributed by atoms with Crippen molar-refractivity contribution in [2.24, 2.45) is 0 Å². The molecule has 2 aromatic heterocycles. The van der Waals surface area contributed by atoms with Gasteiger partial charge < -0.3 is 9.47 Å². The monoisotopic (exact) mass is 260 g/mol. The molecule has 0 amide bonds. The number of aromatic nitrogens is 2. The van der Waals surface area contributed by atoms with Crippen molar-refractivity contribution < 1.29 is 9.47 Å². The summed E-state index contributed by atoms with van der Waals surface area (Å²) in [5.74, 6) is 0. The number of rotatable bonds is 4. The van der Waals surface area contributed by atoms with E-state index in [9.17, 15) is 0 Å². The summed E-state index contributed by atoms with van der Waals surface area (Å²) in [5.41, 5.74) is 3.58. The maximum atomic E-state index is 5.86. The van der Waals surface area contributed by atoms with Gasteiger partial charge >= 0.3 is 0 Å². The molecule has 0 N–H and O–H groups in total. The third-order valence-corrected chi connectivity index (χ3v) is 3.78. The zero-order valence-electron chi connectivity index (χ0n) is 11.7. The van der Waals surface area contributed by atoms with Crippen molar-refractivity contribution in [3.05, 3.63) is 35.7 Å². The van der Waals surface area contributed by atoms with E-state index in [0.29, 0.717) is 6.61 Å². The topological polar surface area (TPSA) is 35.8 Å². The van der Waals surface area contributed by atoms with E-state index in [2.05, 4.69) is 44.2 Å². The van der Waals surface area contributed by atoms with Gasteiger partial charge in [-0.15, -0.1) is 0 Å². The molecule has 0 aromatic carbocycles. The van der Waals surface area contributed by atoms with Crippen LogP contribution in [-0.2, 0) is 14.9 Å². The molecule has 102 valence electrons. The first kappa shape index (κ1) is 12.6. The minimum atomic E-state index is -0.0242. The van der Waals surface area contributed by atoms with Crippen molar-refractivity contribution in [3.63, 3.8) is 0 Å². The van der Waals surface area contributed by atoms with Gasteiger partial charge in [0.25, 0.3) is 0 Å². The fourth-order valence-corrected chi connectivity index (χ4v) is 2.23. The van der Waals surface area contributed by atoms with E-state index in [4.69, 9.17) is 9.47 Å². The van der Waals surface area contributed by atoms with Crippen molar-refractivity contribution in [1.29, 1.82) is 0 Å². The zero-order chi connectivity index (χ0) is 13.5. The summed E-state index contributed by atoms with van der Waals surface area (Å²) in [4.78, 5) is 0. The number of ether oxygens (including phenoxy) is 2. The Labute approximate surface area is 113 Å². The van der Waals surface area contributed by atoms with Crippen LogP contribution < -0.4 is 0 Å². The Balaban J connectivity index is 1.80. The normalized spacial score (nSPS) is 16.8. The minimum absolute atomic E-state index is 0.0242. The average Bonchev–Trinajstić information content (AvgIpc) is 2.69. The van der Waals surface area contributed by atoms with E-state index in [-0.39, 0.29) is 11.5 Å². The highest BCUT2D eigenvalue weighted by Crippen LogP contribution is 2.25. The molecule has 1 saturated heterocycles. The third kappa shape index (κ3) is 2.38. The van der Waals surface area contributed by atoms with Crippen LogP contribution in [-0.4, -0.2) is 35.5 Å². The Morgan fingerprint density at radius 3 is 2.89 bits per heavy atom. The largest absolute Gasteiger partial charge is 0.376 e. The average molecular weight is 260 g/mol. The van der Waals surface area contributed by atoms with Crippen LogP contribution in [0, 0.1) is 6.92 Å². The number of hydrogen-bond donors (Lipinski definition) is 0. The molecule has 0 bridgehead atoms. The maximum Gasteiger partial charge on any atom is 0.104 e. The van der Waals surface area contributed by atoms with E-state index in [1.165, 1.54) is 11.1 Å². The second-order valence-corrected chi connectivity index (χ2v) is 5.93. The molecular weight excluding hydrogens is 240 g/mol. The fourth-order valence-electron chi connectivity index (χ4n) is 2.23. The summed E-state index contributed by atoms with van der Waals surface area (Å²) in [6.45, 7) is 8.63. The summed E-state index contributed by atoms with van der Waals surface area (Å²) in [6, 6.07) is 4.30. The second kappa shape index (κ2) is 4.62. The fraction of sp³-hybridized carbons (Fsp3) is 0.533. The molecule has 0 aliphatic carbocycles. The number of aryl methyl sites for hydroxylation is 1. The van der Waals surface area contributed by atoms with Crippen LogP contribution in [0.5, 0.6) is 0 Å². The van der Waals surface area contributed by atoms with Crippen LogP contribution in [0.15, 0.2) is 24.5 Å². The number of hydrogen-bond acceptors (Lipinski definition) is 3. The van der Waals surface area contributed by atoms with Crippen molar-refractivity contribution in [2.45, 2.75) is 32.3 Å². The lowest BCUT2D eigenvalue weighted by Crippen LogP contribution is -2.39. The van der Waals surface area contributed by atoms with Gasteiger partial charge in [0, 0.05) is 11.6 Å². The molecule has 1 aliphatic heterocycles. The molecule has 3 heterocycles. The zero-order valence-corrected chi connectivity index (χ0v) is 11.7. The molecule has 2 aromatic rings. The second-order valence-electron chi connectivity index (χ2n) is 5.93. The van der Waals surface area contributed by atoms with E-state index in [1.54, 1.807) is 0 Å². The SMILES string of the molecule is Cc1cnn2cc(C(C)(C)COC3COC3)ccc12. The van der Waals surface area contributed by atoms with Gasteiger partial charge in [0.05, 0.1) is 31.5 Å². The van der Waals surface area contributed by atoms with Crippen LogP contribution in [0.3, 0.4) is 0 Å². The molecule has 0 radical (unpaired) electrons. The van der Waals surface area contributed by atoms with Crippen molar-refractivity contribution in [3.8, 4) is 0 Å². The quantitative estimate of drug-likeness (QED) is 0.846. The first-order chi connectivity index (χ1) is 9.06. The van der Waals surface area contributed by atoms with Gasteiger partial charge in [-0.3, -0.25) is 0 Å². The molecule has 4 heteroatoms. The highest BCUT2D eigenvalue weighted by Gasteiger charge is 2.26. The van der Waals surface area contributed by atoms with Crippen molar-refractivity contribution in [2.75, 3.05) is 19.8 Å². The maximum absolute atomic E-state index is 5.86. The van der Waals surface area contributed by atoms with Gasteiger partial charge in [-0.1, -0.05) is 19.9 Å². The van der Waals surface area contributed by atoms with Gasteiger partial charge in [0.15, 0.2) is 0 Å². The van der Waals surface area contributed by atoms with E-state index < -0.39 is 0 Å². The van der Waals surface area contributed by atoms with Gasteiger partial charge in [-0.25, -0.2) is 4.52 Å². The molecule has 3 rings (SSSR count). The molecule has 4 nitrogen and oxygen atoms in total. The molecule has 0 spiro atoms. The summed E-state index contributed by atoms with van der Waals surface area (Å²) in [6.07, 6.45) is 4.27. The number of pyridine rings is 1. The van der Waals surface area contributed by atoms with Gasteiger partial charge in [0.1, 0.15) is 6.10 Å². The first-order valence-electron chi connectivity index (χ1n) is 6.70. The molecule has 1 aliphatic rings. The molecule has 0 atom stereocenters. The van der Waals surface area contributed by atoms with Gasteiger partial charge in [0.2, 0.25) is 0 Å². The highest BCUT2D eigenvalue weighted by atomic mass is 16.6. The molecule has 1 fully saturated rings. The van der Waals surface area contributed by atoms with Crippen molar-refractivity contribution >= 4 is 5.52 Å². The molecular formula is C15H20N2O2. The van der Waals surface area contributed by atoms with Crippen LogP contribution in [0.2, 0.25) is 0 Å². The Kier molecular flexibility index (Phi) is 3.07. The lowest BCUT2D eigenvalue weighted by Gasteiger charge is -2.31.